The van der Waals surface area contributed by atoms with Crippen LogP contribution in [-0.2, 0) is 21.5 Å². The van der Waals surface area contributed by atoms with E-state index in [1.807, 2.05) is 20.8 Å². The lowest BCUT2D eigenvalue weighted by Gasteiger charge is -2.23. The Kier molecular flexibility index (Phi) is 5.21. The highest BCUT2D eigenvalue weighted by molar-refractivity contribution is 5.70. The van der Waals surface area contributed by atoms with Crippen molar-refractivity contribution >= 4 is 5.97 Å². The van der Waals surface area contributed by atoms with E-state index in [4.69, 9.17) is 15.0 Å². The number of hydrogen-bond acceptors (Lipinski definition) is 6. The molecule has 1 aliphatic carbocycles. The second-order valence-electron chi connectivity index (χ2n) is 7.17. The highest BCUT2D eigenvalue weighted by Crippen LogP contribution is 2.32. The summed E-state index contributed by atoms with van der Waals surface area (Å²) in [5.41, 5.74) is 5.50. The third-order valence-corrected chi connectivity index (χ3v) is 3.87. The fraction of sp³-hybridized carbons (Fsp3) is 0.812. The molecular weight excluding hydrogens is 282 g/mol. The average Bonchev–Trinajstić information content (AvgIpc) is 2.78. The van der Waals surface area contributed by atoms with Crippen molar-refractivity contribution in [2.45, 2.75) is 83.3 Å². The van der Waals surface area contributed by atoms with Gasteiger partial charge in [0.2, 0.25) is 5.89 Å². The van der Waals surface area contributed by atoms with Gasteiger partial charge in [-0.25, -0.2) is 0 Å². The van der Waals surface area contributed by atoms with Crippen LogP contribution in [0.1, 0.15) is 77.4 Å². The summed E-state index contributed by atoms with van der Waals surface area (Å²) in [6.45, 7) is 5.54. The van der Waals surface area contributed by atoms with Gasteiger partial charge < -0.3 is 15.0 Å². The van der Waals surface area contributed by atoms with E-state index in [1.54, 1.807) is 0 Å². The first kappa shape index (κ1) is 16.9. The van der Waals surface area contributed by atoms with Crippen molar-refractivity contribution in [2.75, 3.05) is 0 Å². The molecule has 0 unspecified atom stereocenters. The highest BCUT2D eigenvalue weighted by Gasteiger charge is 2.33. The molecule has 1 saturated carbocycles. The minimum atomic E-state index is -0.482. The van der Waals surface area contributed by atoms with Crippen molar-refractivity contribution in [2.24, 2.45) is 5.73 Å². The Hall–Kier alpha value is -1.43. The van der Waals surface area contributed by atoms with Crippen LogP contribution in [0.15, 0.2) is 4.52 Å². The van der Waals surface area contributed by atoms with Crippen LogP contribution in [0.25, 0.3) is 0 Å². The zero-order chi connectivity index (χ0) is 16.2. The van der Waals surface area contributed by atoms with Crippen molar-refractivity contribution in [3.63, 3.8) is 0 Å². The topological polar surface area (TPSA) is 91.2 Å². The molecule has 2 N–H and O–H groups in total. The molecule has 0 bridgehead atoms. The van der Waals surface area contributed by atoms with E-state index >= 15 is 0 Å². The summed E-state index contributed by atoms with van der Waals surface area (Å²) in [4.78, 5) is 16.1. The Morgan fingerprint density at radius 2 is 1.91 bits per heavy atom. The first-order valence-corrected chi connectivity index (χ1v) is 8.12. The zero-order valence-electron chi connectivity index (χ0n) is 13.9. The van der Waals surface area contributed by atoms with Gasteiger partial charge in [0.05, 0.1) is 12.0 Å². The molecular formula is C16H27N3O3. The molecule has 1 fully saturated rings. The molecule has 1 aliphatic rings. The number of carbonyl (C=O) groups excluding carboxylic acids is 1. The monoisotopic (exact) mass is 309 g/mol. The van der Waals surface area contributed by atoms with E-state index in [0.29, 0.717) is 18.1 Å². The van der Waals surface area contributed by atoms with Crippen LogP contribution in [0.4, 0.5) is 0 Å². The summed E-state index contributed by atoms with van der Waals surface area (Å²) in [5.74, 6) is 0.771. The molecule has 1 heterocycles. The third kappa shape index (κ3) is 4.80. The quantitative estimate of drug-likeness (QED) is 0.679. The zero-order valence-corrected chi connectivity index (χ0v) is 13.9. The minimum Gasteiger partial charge on any atom is -0.460 e. The molecule has 22 heavy (non-hydrogen) atoms. The van der Waals surface area contributed by atoms with Crippen molar-refractivity contribution in [3.05, 3.63) is 11.7 Å². The Labute approximate surface area is 131 Å². The maximum atomic E-state index is 11.7. The standard InChI is InChI=1S/C16H27N3O3/c1-15(2,3)21-13(20)9-8-12-18-14(19-22-12)16(17)10-6-4-5-7-11-16/h4-11,17H2,1-3H3. The van der Waals surface area contributed by atoms with Crippen LogP contribution in [0.3, 0.4) is 0 Å². The highest BCUT2D eigenvalue weighted by atomic mass is 16.6. The smallest absolute Gasteiger partial charge is 0.306 e. The van der Waals surface area contributed by atoms with Gasteiger partial charge in [-0.05, 0) is 33.6 Å². The molecule has 6 heteroatoms. The summed E-state index contributed by atoms with van der Waals surface area (Å²) in [6.07, 6.45) is 7.01. The maximum Gasteiger partial charge on any atom is 0.306 e. The van der Waals surface area contributed by atoms with Gasteiger partial charge in [-0.2, -0.15) is 4.98 Å². The Balaban J connectivity index is 1.92. The maximum absolute atomic E-state index is 11.7. The lowest BCUT2D eigenvalue weighted by atomic mass is 9.91. The summed E-state index contributed by atoms with van der Waals surface area (Å²) < 4.78 is 10.5. The number of rotatable bonds is 4. The molecule has 1 aromatic rings. The first-order valence-electron chi connectivity index (χ1n) is 8.12. The van der Waals surface area contributed by atoms with Gasteiger partial charge in [-0.15, -0.1) is 0 Å². The van der Waals surface area contributed by atoms with Gasteiger partial charge >= 0.3 is 5.97 Å². The first-order chi connectivity index (χ1) is 10.3. The van der Waals surface area contributed by atoms with Crippen LogP contribution >= 0.6 is 0 Å². The minimum absolute atomic E-state index is 0.233. The predicted octanol–water partition coefficient (Wildman–Crippen LogP) is 2.85. The number of ether oxygens (including phenoxy) is 1. The van der Waals surface area contributed by atoms with Crippen LogP contribution in [0.5, 0.6) is 0 Å². The van der Waals surface area contributed by atoms with Crippen LogP contribution < -0.4 is 5.73 Å². The van der Waals surface area contributed by atoms with Gasteiger partial charge in [0.15, 0.2) is 5.82 Å². The molecule has 0 spiro atoms. The fourth-order valence-electron chi connectivity index (χ4n) is 2.74. The van der Waals surface area contributed by atoms with E-state index in [0.717, 1.165) is 25.7 Å². The molecule has 6 nitrogen and oxygen atoms in total. The van der Waals surface area contributed by atoms with Crippen molar-refractivity contribution in [1.82, 2.24) is 10.1 Å². The summed E-state index contributed by atoms with van der Waals surface area (Å²) in [6, 6.07) is 0. The van der Waals surface area contributed by atoms with E-state index in [2.05, 4.69) is 10.1 Å². The number of aromatic nitrogens is 2. The van der Waals surface area contributed by atoms with Crippen LogP contribution in [0.2, 0.25) is 0 Å². The summed E-state index contributed by atoms with van der Waals surface area (Å²) in [5, 5.41) is 4.04. The Morgan fingerprint density at radius 1 is 1.27 bits per heavy atom. The van der Waals surface area contributed by atoms with Crippen molar-refractivity contribution < 1.29 is 14.1 Å². The molecule has 0 saturated heterocycles. The lowest BCUT2D eigenvalue weighted by molar-refractivity contribution is -0.154. The third-order valence-electron chi connectivity index (χ3n) is 3.87. The normalized spacial score (nSPS) is 18.7. The van der Waals surface area contributed by atoms with Gasteiger partial charge in [-0.3, -0.25) is 4.79 Å². The number of esters is 1. The van der Waals surface area contributed by atoms with Gasteiger partial charge in [0, 0.05) is 6.42 Å². The van der Waals surface area contributed by atoms with Crippen LogP contribution in [0, 0.1) is 0 Å². The number of nitrogens with zero attached hydrogens (tertiary/aromatic N) is 2. The SMILES string of the molecule is CC(C)(C)OC(=O)CCc1nc(C2(N)CCCCCC2)no1. The number of hydrogen-bond donors (Lipinski definition) is 1. The van der Waals surface area contributed by atoms with E-state index in [-0.39, 0.29) is 12.4 Å². The molecule has 0 aromatic carbocycles. The van der Waals surface area contributed by atoms with Crippen molar-refractivity contribution in [3.8, 4) is 0 Å². The van der Waals surface area contributed by atoms with E-state index in [9.17, 15) is 4.79 Å². The molecule has 0 amide bonds. The summed E-state index contributed by atoms with van der Waals surface area (Å²) in [7, 11) is 0. The Morgan fingerprint density at radius 3 is 2.50 bits per heavy atom. The number of nitrogens with two attached hydrogens (primary N) is 1. The van der Waals surface area contributed by atoms with E-state index < -0.39 is 11.1 Å². The molecule has 0 aliphatic heterocycles. The predicted molar refractivity (Wildman–Crippen MR) is 82.0 cm³/mol. The molecule has 124 valence electrons. The fourth-order valence-corrected chi connectivity index (χ4v) is 2.74. The lowest BCUT2D eigenvalue weighted by Crippen LogP contribution is -2.37. The van der Waals surface area contributed by atoms with Crippen LogP contribution in [-0.4, -0.2) is 21.7 Å². The van der Waals surface area contributed by atoms with Gasteiger partial charge in [0.25, 0.3) is 0 Å². The number of carbonyl (C=O) groups is 1. The molecule has 0 radical (unpaired) electrons. The van der Waals surface area contributed by atoms with Crippen molar-refractivity contribution in [1.29, 1.82) is 0 Å². The van der Waals surface area contributed by atoms with Gasteiger partial charge in [0.1, 0.15) is 5.60 Å². The largest absolute Gasteiger partial charge is 0.460 e. The average molecular weight is 309 g/mol. The molecule has 1 aromatic heterocycles. The van der Waals surface area contributed by atoms with Gasteiger partial charge in [-0.1, -0.05) is 30.8 Å². The second-order valence-corrected chi connectivity index (χ2v) is 7.17. The Bertz CT molecular complexity index is 497. The number of aryl methyl sites for hydroxylation is 1. The molecule has 2 rings (SSSR count). The summed E-state index contributed by atoms with van der Waals surface area (Å²) >= 11 is 0. The molecule has 0 atom stereocenters. The second kappa shape index (κ2) is 6.77. The van der Waals surface area contributed by atoms with E-state index in [1.165, 1.54) is 12.8 Å².